The van der Waals surface area contributed by atoms with Gasteiger partial charge in [-0.3, -0.25) is 4.79 Å². The molecule has 1 aromatic rings. The monoisotopic (exact) mass is 393 g/mol. The zero-order chi connectivity index (χ0) is 13.3. The van der Waals surface area contributed by atoms with Gasteiger partial charge in [0.15, 0.2) is 0 Å². The lowest BCUT2D eigenvalue weighted by atomic mass is 9.99. The number of amides is 1. The van der Waals surface area contributed by atoms with Crippen molar-refractivity contribution in [1.29, 1.82) is 0 Å². The van der Waals surface area contributed by atoms with Gasteiger partial charge in [-0.25, -0.2) is 0 Å². The minimum atomic E-state index is 0.0681. The van der Waals surface area contributed by atoms with E-state index in [1.807, 2.05) is 23.1 Å². The van der Waals surface area contributed by atoms with Crippen LogP contribution in [0.4, 0.5) is 0 Å². The average Bonchev–Trinajstić information content (AvgIpc) is 2.35. The fourth-order valence-corrected chi connectivity index (χ4v) is 3.09. The van der Waals surface area contributed by atoms with Crippen molar-refractivity contribution in [2.75, 3.05) is 13.1 Å². The van der Waals surface area contributed by atoms with E-state index in [0.717, 1.165) is 28.5 Å². The zero-order valence-electron chi connectivity index (χ0n) is 10.00. The number of rotatable bonds is 1. The number of hydrogen-bond acceptors (Lipinski definition) is 1. The van der Waals surface area contributed by atoms with Crippen molar-refractivity contribution in [3.8, 4) is 0 Å². The van der Waals surface area contributed by atoms with Crippen LogP contribution in [0, 0.1) is 5.92 Å². The van der Waals surface area contributed by atoms with Crippen LogP contribution < -0.4 is 0 Å². The highest BCUT2D eigenvalue weighted by Gasteiger charge is 2.28. The molecule has 0 aliphatic carbocycles. The SMILES string of the molecule is CC1CN(C(=O)c2cc(Br)ccc2Br)CCC1Cl. The minimum Gasteiger partial charge on any atom is -0.338 e. The number of nitrogens with zero attached hydrogens (tertiary/aromatic N) is 1. The fraction of sp³-hybridized carbons (Fsp3) is 0.462. The standard InChI is InChI=1S/C13H14Br2ClNO/c1-8-7-17(5-4-12(8)16)13(18)10-6-9(14)2-3-11(10)15/h2-3,6,8,12H,4-5,7H2,1H3. The summed E-state index contributed by atoms with van der Waals surface area (Å²) >= 11 is 13.0. The molecule has 0 N–H and O–H groups in total. The van der Waals surface area contributed by atoms with Gasteiger partial charge in [-0.2, -0.15) is 0 Å². The summed E-state index contributed by atoms with van der Waals surface area (Å²) < 4.78 is 1.74. The summed E-state index contributed by atoms with van der Waals surface area (Å²) in [5.41, 5.74) is 0.699. The zero-order valence-corrected chi connectivity index (χ0v) is 13.9. The molecular formula is C13H14Br2ClNO. The number of likely N-dealkylation sites (tertiary alicyclic amines) is 1. The third kappa shape index (κ3) is 3.09. The Morgan fingerprint density at radius 3 is 2.83 bits per heavy atom. The van der Waals surface area contributed by atoms with Gasteiger partial charge in [-0.1, -0.05) is 22.9 Å². The van der Waals surface area contributed by atoms with E-state index < -0.39 is 0 Å². The lowest BCUT2D eigenvalue weighted by Gasteiger charge is -2.34. The molecule has 1 saturated heterocycles. The smallest absolute Gasteiger partial charge is 0.255 e. The summed E-state index contributed by atoms with van der Waals surface area (Å²) in [5, 5.41) is 0.181. The van der Waals surface area contributed by atoms with E-state index in [2.05, 4.69) is 38.8 Å². The van der Waals surface area contributed by atoms with E-state index in [1.165, 1.54) is 0 Å². The maximum atomic E-state index is 12.5. The molecule has 1 aliphatic rings. The van der Waals surface area contributed by atoms with Crippen LogP contribution in [-0.2, 0) is 0 Å². The van der Waals surface area contributed by atoms with Gasteiger partial charge in [-0.15, -0.1) is 11.6 Å². The van der Waals surface area contributed by atoms with E-state index in [-0.39, 0.29) is 11.3 Å². The predicted molar refractivity (Wildman–Crippen MR) is 81.2 cm³/mol. The van der Waals surface area contributed by atoms with E-state index in [4.69, 9.17) is 11.6 Å². The highest BCUT2D eigenvalue weighted by Crippen LogP contribution is 2.27. The average molecular weight is 396 g/mol. The van der Waals surface area contributed by atoms with Crippen LogP contribution in [0.1, 0.15) is 23.7 Å². The molecule has 1 heterocycles. The molecule has 0 radical (unpaired) electrons. The molecule has 2 unspecified atom stereocenters. The lowest BCUT2D eigenvalue weighted by Crippen LogP contribution is -2.43. The third-order valence-corrected chi connectivity index (χ3v) is 5.08. The van der Waals surface area contributed by atoms with E-state index in [0.29, 0.717) is 11.5 Å². The highest BCUT2D eigenvalue weighted by molar-refractivity contribution is 9.11. The molecule has 1 aromatic carbocycles. The number of halogens is 3. The van der Waals surface area contributed by atoms with Crippen LogP contribution in [0.3, 0.4) is 0 Å². The first-order valence-corrected chi connectivity index (χ1v) is 7.89. The van der Waals surface area contributed by atoms with Crippen molar-refractivity contribution in [3.05, 3.63) is 32.7 Å². The Hall–Kier alpha value is -0.0600. The molecular weight excluding hydrogens is 381 g/mol. The van der Waals surface area contributed by atoms with Crippen molar-refractivity contribution >= 4 is 49.4 Å². The third-order valence-electron chi connectivity index (χ3n) is 3.25. The number of hydrogen-bond donors (Lipinski definition) is 0. The van der Waals surface area contributed by atoms with Gasteiger partial charge in [0, 0.05) is 27.4 Å². The summed E-state index contributed by atoms with van der Waals surface area (Å²) in [6.07, 6.45) is 0.861. The van der Waals surface area contributed by atoms with Crippen LogP contribution in [-0.4, -0.2) is 29.3 Å². The van der Waals surface area contributed by atoms with Gasteiger partial charge < -0.3 is 4.90 Å². The van der Waals surface area contributed by atoms with Crippen molar-refractivity contribution in [2.45, 2.75) is 18.7 Å². The molecule has 5 heteroatoms. The summed E-state index contributed by atoms with van der Waals surface area (Å²) in [7, 11) is 0. The lowest BCUT2D eigenvalue weighted by molar-refractivity contribution is 0.0686. The maximum absolute atomic E-state index is 12.5. The second-order valence-corrected chi connectivity index (χ2v) is 6.99. The van der Waals surface area contributed by atoms with Crippen molar-refractivity contribution in [2.24, 2.45) is 5.92 Å². The molecule has 2 rings (SSSR count). The summed E-state index contributed by atoms with van der Waals surface area (Å²) in [6, 6.07) is 5.65. The van der Waals surface area contributed by atoms with Crippen LogP contribution in [0.25, 0.3) is 0 Å². The summed E-state index contributed by atoms with van der Waals surface area (Å²) in [6.45, 7) is 3.55. The summed E-state index contributed by atoms with van der Waals surface area (Å²) in [4.78, 5) is 14.3. The molecule has 0 bridgehead atoms. The van der Waals surface area contributed by atoms with Gasteiger partial charge in [-0.05, 0) is 46.5 Å². The van der Waals surface area contributed by atoms with Crippen LogP contribution >= 0.6 is 43.5 Å². The summed E-state index contributed by atoms with van der Waals surface area (Å²) in [5.74, 6) is 0.411. The molecule has 0 saturated carbocycles. The number of piperidine rings is 1. The van der Waals surface area contributed by atoms with Crippen molar-refractivity contribution in [3.63, 3.8) is 0 Å². The Kier molecular flexibility index (Phi) is 4.73. The molecule has 1 aliphatic heterocycles. The topological polar surface area (TPSA) is 20.3 Å². The molecule has 2 nitrogen and oxygen atoms in total. The second kappa shape index (κ2) is 5.93. The number of carbonyl (C=O) groups excluding carboxylic acids is 1. The Balaban J connectivity index is 2.19. The molecule has 1 fully saturated rings. The Labute approximate surface area is 129 Å². The number of alkyl halides is 1. The Bertz CT molecular complexity index is 466. The maximum Gasteiger partial charge on any atom is 0.255 e. The molecule has 1 amide bonds. The van der Waals surface area contributed by atoms with Gasteiger partial charge in [0.05, 0.1) is 5.56 Å². The van der Waals surface area contributed by atoms with Gasteiger partial charge >= 0.3 is 0 Å². The Morgan fingerprint density at radius 2 is 2.17 bits per heavy atom. The van der Waals surface area contributed by atoms with Gasteiger partial charge in [0.25, 0.3) is 5.91 Å². The molecule has 18 heavy (non-hydrogen) atoms. The predicted octanol–water partition coefficient (Wildman–Crippen LogP) is 4.30. The number of benzene rings is 1. The van der Waals surface area contributed by atoms with Gasteiger partial charge in [0.2, 0.25) is 0 Å². The van der Waals surface area contributed by atoms with E-state index in [9.17, 15) is 4.79 Å². The first kappa shape index (κ1) is 14.4. The van der Waals surface area contributed by atoms with Crippen molar-refractivity contribution in [1.82, 2.24) is 4.90 Å². The first-order chi connectivity index (χ1) is 8.49. The molecule has 0 aromatic heterocycles. The minimum absolute atomic E-state index is 0.0681. The highest BCUT2D eigenvalue weighted by atomic mass is 79.9. The molecule has 2 atom stereocenters. The fourth-order valence-electron chi connectivity index (χ4n) is 2.13. The van der Waals surface area contributed by atoms with Gasteiger partial charge in [0.1, 0.15) is 0 Å². The van der Waals surface area contributed by atoms with Crippen LogP contribution in [0.2, 0.25) is 0 Å². The van der Waals surface area contributed by atoms with Crippen LogP contribution in [0.15, 0.2) is 27.1 Å². The van der Waals surface area contributed by atoms with Crippen molar-refractivity contribution < 1.29 is 4.79 Å². The Morgan fingerprint density at radius 1 is 1.44 bits per heavy atom. The molecule has 0 spiro atoms. The quantitative estimate of drug-likeness (QED) is 0.649. The van der Waals surface area contributed by atoms with E-state index >= 15 is 0 Å². The molecule has 98 valence electrons. The first-order valence-electron chi connectivity index (χ1n) is 5.87. The normalized spacial score (nSPS) is 24.1. The van der Waals surface area contributed by atoms with E-state index in [1.54, 1.807) is 0 Å². The van der Waals surface area contributed by atoms with Crippen LogP contribution in [0.5, 0.6) is 0 Å². The number of carbonyl (C=O) groups is 1. The largest absolute Gasteiger partial charge is 0.338 e. The second-order valence-electron chi connectivity index (χ2n) is 4.66.